The highest BCUT2D eigenvalue weighted by molar-refractivity contribution is 5.73. The van der Waals surface area contributed by atoms with E-state index < -0.39 is 0 Å². The molecule has 0 aromatic carbocycles. The molecule has 0 aromatic heterocycles. The molecular formula is C28H44O3. The zero-order chi connectivity index (χ0) is 21.3. The summed E-state index contributed by atoms with van der Waals surface area (Å²) in [6, 6.07) is 0. The van der Waals surface area contributed by atoms with Crippen LogP contribution in [0.2, 0.25) is 0 Å². The molecule has 0 aromatic rings. The molecule has 0 N–H and O–H groups in total. The molecule has 0 aliphatic heterocycles. The third kappa shape index (κ3) is 3.18. The van der Waals surface area contributed by atoms with E-state index in [4.69, 9.17) is 9.47 Å². The fourth-order valence-electron chi connectivity index (χ4n) is 10.6. The molecule has 0 spiro atoms. The van der Waals surface area contributed by atoms with E-state index in [0.29, 0.717) is 11.3 Å². The van der Waals surface area contributed by atoms with Crippen LogP contribution >= 0.6 is 0 Å². The quantitative estimate of drug-likeness (QED) is 0.271. The summed E-state index contributed by atoms with van der Waals surface area (Å²) in [5.74, 6) is 8.66. The lowest BCUT2D eigenvalue weighted by molar-refractivity contribution is -0.179. The van der Waals surface area contributed by atoms with Crippen LogP contribution in [0.15, 0.2) is 0 Å². The van der Waals surface area contributed by atoms with Crippen LogP contribution in [0.4, 0.5) is 0 Å². The van der Waals surface area contributed by atoms with Crippen LogP contribution in [0.25, 0.3) is 0 Å². The van der Waals surface area contributed by atoms with Crippen molar-refractivity contribution in [2.45, 2.75) is 85.0 Å². The largest absolute Gasteiger partial charge is 0.438 e. The van der Waals surface area contributed by atoms with E-state index in [1.807, 2.05) is 0 Å². The number of carbonyl (C=O) groups excluding carboxylic acids is 1. The van der Waals surface area contributed by atoms with Gasteiger partial charge in [0.2, 0.25) is 0 Å². The Hall–Kier alpha value is -0.570. The number of fused-ring (bicyclic) bond motifs is 5. The number of hydrogen-bond acceptors (Lipinski definition) is 3. The van der Waals surface area contributed by atoms with Gasteiger partial charge in [-0.1, -0.05) is 33.6 Å². The summed E-state index contributed by atoms with van der Waals surface area (Å²) in [7, 11) is 0. The van der Waals surface area contributed by atoms with E-state index >= 15 is 0 Å². The highest BCUT2D eigenvalue weighted by Crippen LogP contribution is 2.66. The Morgan fingerprint density at radius 2 is 1.48 bits per heavy atom. The second-order valence-corrected chi connectivity index (χ2v) is 13.0. The van der Waals surface area contributed by atoms with Crippen LogP contribution in [-0.4, -0.2) is 19.4 Å². The molecule has 174 valence electrons. The smallest absolute Gasteiger partial charge is 0.311 e. The van der Waals surface area contributed by atoms with Gasteiger partial charge in [0.1, 0.15) is 0 Å². The van der Waals surface area contributed by atoms with Gasteiger partial charge in [0, 0.05) is 0 Å². The maximum Gasteiger partial charge on any atom is 0.311 e. The summed E-state index contributed by atoms with van der Waals surface area (Å²) in [4.78, 5) is 13.0. The monoisotopic (exact) mass is 428 g/mol. The van der Waals surface area contributed by atoms with Gasteiger partial charge in [-0.3, -0.25) is 4.79 Å². The van der Waals surface area contributed by atoms with Gasteiger partial charge >= 0.3 is 5.97 Å². The van der Waals surface area contributed by atoms with Crippen molar-refractivity contribution in [2.75, 3.05) is 13.4 Å². The Bertz CT molecular complexity index is 672. The highest BCUT2D eigenvalue weighted by atomic mass is 16.7. The number of esters is 1. The van der Waals surface area contributed by atoms with Crippen molar-refractivity contribution < 1.29 is 14.3 Å². The van der Waals surface area contributed by atoms with Crippen molar-refractivity contribution in [3.05, 3.63) is 0 Å². The van der Waals surface area contributed by atoms with E-state index in [1.165, 1.54) is 57.8 Å². The molecule has 7 aliphatic rings. The molecule has 0 radical (unpaired) electrons. The van der Waals surface area contributed by atoms with Crippen LogP contribution in [-0.2, 0) is 14.3 Å². The third-order valence-electron chi connectivity index (χ3n) is 11.9. The minimum Gasteiger partial charge on any atom is -0.438 e. The molecule has 7 aliphatic carbocycles. The third-order valence-corrected chi connectivity index (χ3v) is 11.9. The lowest BCUT2D eigenvalue weighted by atomic mass is 9.46. The minimum atomic E-state index is 0.0518. The lowest BCUT2D eigenvalue weighted by Gasteiger charge is -2.60. The SMILES string of the molecule is CCC1CC(CC)C2C3CC(CC3C(=O)OCOCC3(C)C4CC5CC(C4)CC3C5)C12. The van der Waals surface area contributed by atoms with E-state index in [-0.39, 0.29) is 18.7 Å². The first-order valence-electron chi connectivity index (χ1n) is 13.8. The molecule has 3 nitrogen and oxygen atoms in total. The van der Waals surface area contributed by atoms with Crippen molar-refractivity contribution in [3.8, 4) is 0 Å². The second-order valence-electron chi connectivity index (χ2n) is 13.0. The molecule has 0 saturated heterocycles. The Morgan fingerprint density at radius 3 is 2.13 bits per heavy atom. The molecule has 7 atom stereocenters. The second kappa shape index (κ2) is 7.74. The Labute approximate surface area is 189 Å². The Kier molecular flexibility index (Phi) is 5.24. The summed E-state index contributed by atoms with van der Waals surface area (Å²) in [6.07, 6.45) is 13.5. The Morgan fingerprint density at radius 1 is 0.839 bits per heavy atom. The number of ether oxygens (including phenoxy) is 2. The van der Waals surface area contributed by atoms with Gasteiger partial charge in [-0.15, -0.1) is 0 Å². The molecule has 7 saturated carbocycles. The topological polar surface area (TPSA) is 35.5 Å². The van der Waals surface area contributed by atoms with Gasteiger partial charge in [0.05, 0.1) is 12.5 Å². The van der Waals surface area contributed by atoms with Crippen LogP contribution in [0, 0.1) is 70.5 Å². The number of carbonyl (C=O) groups is 1. The van der Waals surface area contributed by atoms with Gasteiger partial charge in [0.25, 0.3) is 0 Å². The fourth-order valence-corrected chi connectivity index (χ4v) is 10.6. The first kappa shape index (κ1) is 21.0. The maximum absolute atomic E-state index is 13.0. The van der Waals surface area contributed by atoms with Crippen molar-refractivity contribution in [3.63, 3.8) is 0 Å². The molecular weight excluding hydrogens is 384 g/mol. The molecule has 0 amide bonds. The molecule has 7 unspecified atom stereocenters. The first-order valence-corrected chi connectivity index (χ1v) is 13.8. The normalized spacial score (nSPS) is 53.8. The van der Waals surface area contributed by atoms with E-state index in [0.717, 1.165) is 66.3 Å². The molecule has 6 bridgehead atoms. The summed E-state index contributed by atoms with van der Waals surface area (Å²) in [6.45, 7) is 8.16. The van der Waals surface area contributed by atoms with Crippen molar-refractivity contribution in [2.24, 2.45) is 70.5 Å². The van der Waals surface area contributed by atoms with Gasteiger partial charge in [0.15, 0.2) is 6.79 Å². The van der Waals surface area contributed by atoms with E-state index in [1.54, 1.807) is 0 Å². The van der Waals surface area contributed by atoms with Gasteiger partial charge in [-0.2, -0.15) is 0 Å². The molecule has 31 heavy (non-hydrogen) atoms. The predicted octanol–water partition coefficient (Wildman–Crippen LogP) is 6.31. The fraction of sp³-hybridized carbons (Fsp3) is 0.964. The van der Waals surface area contributed by atoms with Crippen LogP contribution < -0.4 is 0 Å². The number of rotatable bonds is 7. The van der Waals surface area contributed by atoms with E-state index in [9.17, 15) is 4.79 Å². The Balaban J connectivity index is 1.02. The van der Waals surface area contributed by atoms with E-state index in [2.05, 4.69) is 20.8 Å². The van der Waals surface area contributed by atoms with Crippen LogP contribution in [0.1, 0.15) is 85.0 Å². The average molecular weight is 429 g/mol. The van der Waals surface area contributed by atoms with Gasteiger partial charge in [-0.25, -0.2) is 0 Å². The summed E-state index contributed by atoms with van der Waals surface area (Å²) < 4.78 is 11.9. The first-order chi connectivity index (χ1) is 15.0. The van der Waals surface area contributed by atoms with Gasteiger partial charge < -0.3 is 9.47 Å². The highest BCUT2D eigenvalue weighted by Gasteiger charge is 2.61. The van der Waals surface area contributed by atoms with Crippen molar-refractivity contribution >= 4 is 5.97 Å². The molecule has 3 heteroatoms. The maximum atomic E-state index is 13.0. The van der Waals surface area contributed by atoms with Gasteiger partial charge in [-0.05, 0) is 116 Å². The summed E-state index contributed by atoms with van der Waals surface area (Å²) in [5, 5.41) is 0. The van der Waals surface area contributed by atoms with Crippen molar-refractivity contribution in [1.29, 1.82) is 0 Å². The molecule has 7 fully saturated rings. The number of hydrogen-bond donors (Lipinski definition) is 0. The van der Waals surface area contributed by atoms with Crippen molar-refractivity contribution in [1.82, 2.24) is 0 Å². The average Bonchev–Trinajstić information content (AvgIpc) is 3.45. The summed E-state index contributed by atoms with van der Waals surface area (Å²) >= 11 is 0. The zero-order valence-corrected chi connectivity index (χ0v) is 20.1. The lowest BCUT2D eigenvalue weighted by Crippen LogP contribution is -2.53. The summed E-state index contributed by atoms with van der Waals surface area (Å²) in [5.41, 5.74) is 0.312. The molecule has 7 rings (SSSR count). The van der Waals surface area contributed by atoms with Crippen LogP contribution in [0.3, 0.4) is 0 Å². The minimum absolute atomic E-state index is 0.0518. The zero-order valence-electron chi connectivity index (χ0n) is 20.1. The van der Waals surface area contributed by atoms with Crippen LogP contribution in [0.5, 0.6) is 0 Å². The standard InChI is InChI=1S/C28H44O3/c1-4-18-11-19(5-2)26-23-12-20(25(18)26)13-24(23)27(29)31-15-30-14-28(3)21-7-16-6-17(9-21)10-22(28)8-16/h16-26H,4-15H2,1-3H3. The predicted molar refractivity (Wildman–Crippen MR) is 121 cm³/mol. The molecule has 0 heterocycles.